The summed E-state index contributed by atoms with van der Waals surface area (Å²) >= 11 is 1.29. The Hall–Kier alpha value is -2.42. The second-order valence-electron chi connectivity index (χ2n) is 9.60. The lowest BCUT2D eigenvalue weighted by molar-refractivity contribution is -0.135. The van der Waals surface area contributed by atoms with Crippen LogP contribution in [0.1, 0.15) is 82.0 Å². The summed E-state index contributed by atoms with van der Waals surface area (Å²) in [5.74, 6) is -0.861. The molecule has 1 aromatic rings. The summed E-state index contributed by atoms with van der Waals surface area (Å²) in [5, 5.41) is 5.95. The number of nitrogens with one attached hydrogen (secondary N) is 2. The minimum absolute atomic E-state index is 0.196. The van der Waals surface area contributed by atoms with E-state index in [-0.39, 0.29) is 23.5 Å². The van der Waals surface area contributed by atoms with Gasteiger partial charge in [0.2, 0.25) is 5.91 Å². The lowest BCUT2D eigenvalue weighted by atomic mass is 9.65. The topological polar surface area (TPSA) is 105 Å². The summed E-state index contributed by atoms with van der Waals surface area (Å²) in [5.41, 5.74) is -0.425. The van der Waals surface area contributed by atoms with Crippen LogP contribution in [0.15, 0.2) is 6.07 Å². The van der Waals surface area contributed by atoms with Gasteiger partial charge in [0.15, 0.2) is 0 Å². The molecule has 0 bridgehead atoms. The van der Waals surface area contributed by atoms with Crippen molar-refractivity contribution in [3.63, 3.8) is 0 Å². The van der Waals surface area contributed by atoms with Gasteiger partial charge in [-0.2, -0.15) is 0 Å². The minimum Gasteiger partial charge on any atom is -0.462 e. The van der Waals surface area contributed by atoms with E-state index in [4.69, 9.17) is 4.74 Å². The third-order valence-electron chi connectivity index (χ3n) is 7.28. The Labute approximate surface area is 199 Å². The molecule has 33 heavy (non-hydrogen) atoms. The van der Waals surface area contributed by atoms with Crippen molar-refractivity contribution in [1.29, 1.82) is 0 Å². The molecule has 9 heteroatoms. The Morgan fingerprint density at radius 1 is 1.24 bits per heavy atom. The molecule has 0 radical (unpaired) electrons. The smallest absolute Gasteiger partial charge is 0.341 e. The van der Waals surface area contributed by atoms with E-state index in [0.29, 0.717) is 30.2 Å². The highest BCUT2D eigenvalue weighted by Crippen LogP contribution is 2.45. The molecule has 3 rings (SSSR count). The van der Waals surface area contributed by atoms with Crippen LogP contribution in [0.2, 0.25) is 0 Å². The summed E-state index contributed by atoms with van der Waals surface area (Å²) in [4.78, 5) is 52.8. The number of urea groups is 1. The van der Waals surface area contributed by atoms with Gasteiger partial charge in [0.1, 0.15) is 17.1 Å². The van der Waals surface area contributed by atoms with Crippen LogP contribution in [0, 0.1) is 11.3 Å². The van der Waals surface area contributed by atoms with E-state index in [9.17, 15) is 19.2 Å². The largest absolute Gasteiger partial charge is 0.462 e. The van der Waals surface area contributed by atoms with Crippen molar-refractivity contribution < 1.29 is 23.9 Å². The van der Waals surface area contributed by atoms with Crippen molar-refractivity contribution in [2.24, 2.45) is 11.3 Å². The van der Waals surface area contributed by atoms with Gasteiger partial charge in [-0.15, -0.1) is 11.3 Å². The van der Waals surface area contributed by atoms with E-state index < -0.39 is 30.0 Å². The Morgan fingerprint density at radius 3 is 2.48 bits per heavy atom. The number of aryl methyl sites for hydroxylation is 1. The van der Waals surface area contributed by atoms with Crippen LogP contribution in [-0.2, 0) is 20.7 Å². The average molecular weight is 478 g/mol. The number of esters is 1. The Balaban J connectivity index is 1.67. The Kier molecular flexibility index (Phi) is 7.51. The standard InChI is InChI=1S/C24H35N3O5S/c1-6-16-13-17(20(29)32-8-3)19(33-16)25-18(28)14-27-21(30)24(26-22(27)31)11-9-15(10-12-24)23(4,5)7-2/h13,15H,6-12,14H2,1-5H3,(H,25,28)(H,26,31). The molecule has 1 aliphatic heterocycles. The molecule has 2 fully saturated rings. The zero-order chi connectivity index (χ0) is 24.4. The summed E-state index contributed by atoms with van der Waals surface area (Å²) in [6.07, 6.45) is 4.67. The molecule has 1 saturated carbocycles. The van der Waals surface area contributed by atoms with E-state index in [1.54, 1.807) is 13.0 Å². The molecule has 2 heterocycles. The van der Waals surface area contributed by atoms with Gasteiger partial charge < -0.3 is 15.4 Å². The van der Waals surface area contributed by atoms with Crippen molar-refractivity contribution >= 4 is 40.2 Å². The number of imide groups is 1. The number of amides is 4. The van der Waals surface area contributed by atoms with Crippen LogP contribution in [0.4, 0.5) is 9.80 Å². The lowest BCUT2D eigenvalue weighted by Crippen LogP contribution is -2.51. The number of nitrogens with zero attached hydrogens (tertiary/aromatic N) is 1. The van der Waals surface area contributed by atoms with Crippen molar-refractivity contribution in [2.75, 3.05) is 18.5 Å². The van der Waals surface area contributed by atoms with E-state index in [1.807, 2.05) is 6.92 Å². The molecule has 2 aliphatic rings. The number of carbonyl (C=O) groups is 4. The first-order valence-electron chi connectivity index (χ1n) is 11.8. The van der Waals surface area contributed by atoms with Crippen LogP contribution in [-0.4, -0.2) is 47.4 Å². The van der Waals surface area contributed by atoms with Crippen molar-refractivity contribution in [3.05, 3.63) is 16.5 Å². The minimum atomic E-state index is -0.911. The Bertz CT molecular complexity index is 931. The molecule has 1 spiro atoms. The molecule has 0 unspecified atom stereocenters. The van der Waals surface area contributed by atoms with E-state index in [1.165, 1.54) is 11.3 Å². The highest BCUT2D eigenvalue weighted by molar-refractivity contribution is 7.16. The molecule has 2 N–H and O–H groups in total. The van der Waals surface area contributed by atoms with Crippen LogP contribution >= 0.6 is 11.3 Å². The fraction of sp³-hybridized carbons (Fsp3) is 0.667. The summed E-state index contributed by atoms with van der Waals surface area (Å²) in [7, 11) is 0. The lowest BCUT2D eigenvalue weighted by Gasteiger charge is -2.42. The van der Waals surface area contributed by atoms with E-state index in [2.05, 4.69) is 31.4 Å². The molecule has 0 atom stereocenters. The van der Waals surface area contributed by atoms with Crippen molar-refractivity contribution in [3.8, 4) is 0 Å². The van der Waals surface area contributed by atoms with Gasteiger partial charge in [-0.25, -0.2) is 9.59 Å². The number of rotatable bonds is 8. The van der Waals surface area contributed by atoms with E-state index >= 15 is 0 Å². The number of thiophene rings is 1. The maximum atomic E-state index is 13.2. The van der Waals surface area contributed by atoms with Gasteiger partial charge in [0.25, 0.3) is 5.91 Å². The Morgan fingerprint density at radius 2 is 1.91 bits per heavy atom. The van der Waals surface area contributed by atoms with E-state index in [0.717, 1.165) is 29.0 Å². The fourth-order valence-corrected chi connectivity index (χ4v) is 5.72. The van der Waals surface area contributed by atoms with Gasteiger partial charge in [-0.3, -0.25) is 14.5 Å². The number of hydrogen-bond acceptors (Lipinski definition) is 6. The fourth-order valence-electron chi connectivity index (χ4n) is 4.72. The van der Waals surface area contributed by atoms with Gasteiger partial charge >= 0.3 is 12.0 Å². The van der Waals surface area contributed by atoms with Crippen LogP contribution in [0.3, 0.4) is 0 Å². The normalized spacial score (nSPS) is 23.1. The number of ether oxygens (including phenoxy) is 1. The highest BCUT2D eigenvalue weighted by Gasteiger charge is 2.53. The maximum absolute atomic E-state index is 13.2. The second-order valence-corrected chi connectivity index (χ2v) is 10.7. The first-order valence-corrected chi connectivity index (χ1v) is 12.6. The second kappa shape index (κ2) is 9.83. The predicted molar refractivity (Wildman–Crippen MR) is 127 cm³/mol. The number of carbonyl (C=O) groups excluding carboxylic acids is 4. The van der Waals surface area contributed by atoms with Gasteiger partial charge in [-0.1, -0.05) is 34.1 Å². The van der Waals surface area contributed by atoms with Crippen LogP contribution < -0.4 is 10.6 Å². The van der Waals surface area contributed by atoms with Crippen LogP contribution in [0.25, 0.3) is 0 Å². The molecular weight excluding hydrogens is 442 g/mol. The molecular formula is C24H35N3O5S. The molecule has 1 aromatic heterocycles. The monoisotopic (exact) mass is 477 g/mol. The molecule has 1 saturated heterocycles. The third kappa shape index (κ3) is 5.08. The SMILES string of the molecule is CCOC(=O)c1cc(CC)sc1NC(=O)CN1C(=O)NC2(CCC(C(C)(C)CC)CC2)C1=O. The average Bonchev–Trinajstić information content (AvgIpc) is 3.28. The van der Waals surface area contributed by atoms with Gasteiger partial charge in [0, 0.05) is 4.88 Å². The summed E-state index contributed by atoms with van der Waals surface area (Å²) in [6, 6.07) is 1.17. The van der Waals surface area contributed by atoms with Crippen molar-refractivity contribution in [2.45, 2.75) is 78.7 Å². The number of anilines is 1. The van der Waals surface area contributed by atoms with Gasteiger partial charge in [0.05, 0.1) is 12.2 Å². The first kappa shape index (κ1) is 25.2. The van der Waals surface area contributed by atoms with Crippen LogP contribution in [0.5, 0.6) is 0 Å². The summed E-state index contributed by atoms with van der Waals surface area (Å²) in [6.45, 7) is 10.2. The molecule has 0 aromatic carbocycles. The zero-order valence-corrected chi connectivity index (χ0v) is 21.0. The molecule has 8 nitrogen and oxygen atoms in total. The summed E-state index contributed by atoms with van der Waals surface area (Å²) < 4.78 is 5.08. The quantitative estimate of drug-likeness (QED) is 0.428. The first-order chi connectivity index (χ1) is 15.6. The molecule has 182 valence electrons. The predicted octanol–water partition coefficient (Wildman–Crippen LogP) is 4.34. The highest BCUT2D eigenvalue weighted by atomic mass is 32.1. The number of hydrogen-bond donors (Lipinski definition) is 2. The zero-order valence-electron chi connectivity index (χ0n) is 20.2. The molecule has 1 aliphatic carbocycles. The third-order valence-corrected chi connectivity index (χ3v) is 8.48. The molecule has 4 amide bonds. The van der Waals surface area contributed by atoms with Gasteiger partial charge in [-0.05, 0) is 56.4 Å². The maximum Gasteiger partial charge on any atom is 0.341 e. The van der Waals surface area contributed by atoms with Crippen molar-refractivity contribution in [1.82, 2.24) is 10.2 Å².